The molecule has 1 saturated heterocycles. The van der Waals surface area contributed by atoms with E-state index in [1.54, 1.807) is 19.1 Å². The van der Waals surface area contributed by atoms with Crippen molar-refractivity contribution in [2.24, 2.45) is 0 Å². The number of methoxy groups -OCH3 is 1. The average Bonchev–Trinajstić information content (AvgIpc) is 3.28. The minimum Gasteiger partial charge on any atom is -0.384 e. The zero-order valence-electron chi connectivity index (χ0n) is 14.4. The highest BCUT2D eigenvalue weighted by molar-refractivity contribution is 7.09. The van der Waals surface area contributed by atoms with Gasteiger partial charge >= 0.3 is 6.18 Å². The van der Waals surface area contributed by atoms with Crippen molar-refractivity contribution in [1.29, 1.82) is 0 Å². The van der Waals surface area contributed by atoms with Crippen LogP contribution in [0.25, 0.3) is 0 Å². The summed E-state index contributed by atoms with van der Waals surface area (Å²) in [6, 6.07) is 0.881. The molecule has 0 bridgehead atoms. The number of hydrogen-bond acceptors (Lipinski definition) is 8. The van der Waals surface area contributed by atoms with Crippen molar-refractivity contribution in [3.05, 3.63) is 23.8 Å². The van der Waals surface area contributed by atoms with Crippen LogP contribution in [0.3, 0.4) is 0 Å². The lowest BCUT2D eigenvalue weighted by Crippen LogP contribution is -2.36. The van der Waals surface area contributed by atoms with E-state index in [9.17, 15) is 13.2 Å². The molecule has 1 aliphatic rings. The van der Waals surface area contributed by atoms with Gasteiger partial charge in [-0.1, -0.05) is 0 Å². The van der Waals surface area contributed by atoms with Crippen LogP contribution < -0.4 is 9.80 Å². The summed E-state index contributed by atoms with van der Waals surface area (Å²) < 4.78 is 47.9. The third-order valence-corrected chi connectivity index (χ3v) is 5.03. The van der Waals surface area contributed by atoms with E-state index in [0.29, 0.717) is 19.6 Å². The summed E-state index contributed by atoms with van der Waals surface area (Å²) >= 11 is 1.32. The number of anilines is 2. The van der Waals surface area contributed by atoms with E-state index in [4.69, 9.17) is 4.74 Å². The number of ether oxygens (including phenoxy) is 1. The first kappa shape index (κ1) is 18.8. The fraction of sp³-hybridized carbons (Fsp3) is 0.600. The lowest BCUT2D eigenvalue weighted by molar-refractivity contribution is -0.141. The van der Waals surface area contributed by atoms with Gasteiger partial charge in [0.25, 0.3) is 0 Å². The molecule has 26 heavy (non-hydrogen) atoms. The van der Waals surface area contributed by atoms with E-state index in [-0.39, 0.29) is 12.0 Å². The maximum atomic E-state index is 12.8. The van der Waals surface area contributed by atoms with Gasteiger partial charge in [-0.3, -0.25) is 0 Å². The van der Waals surface area contributed by atoms with Gasteiger partial charge in [-0.25, -0.2) is 15.0 Å². The Kier molecular flexibility index (Phi) is 5.56. The van der Waals surface area contributed by atoms with Crippen molar-refractivity contribution in [2.45, 2.75) is 25.1 Å². The highest BCUT2D eigenvalue weighted by Gasteiger charge is 2.34. The van der Waals surface area contributed by atoms with Crippen molar-refractivity contribution < 1.29 is 17.9 Å². The number of aromatic nitrogens is 4. The first-order valence-corrected chi connectivity index (χ1v) is 8.85. The summed E-state index contributed by atoms with van der Waals surface area (Å²) in [7, 11) is 3.35. The van der Waals surface area contributed by atoms with Crippen molar-refractivity contribution in [3.63, 3.8) is 0 Å². The molecule has 11 heteroatoms. The molecule has 3 heterocycles. The van der Waals surface area contributed by atoms with Crippen LogP contribution in [-0.2, 0) is 17.3 Å². The molecule has 1 atom stereocenters. The molecule has 0 aromatic carbocycles. The lowest BCUT2D eigenvalue weighted by atomic mass is 10.2. The number of hydrogen-bond donors (Lipinski definition) is 0. The largest absolute Gasteiger partial charge is 0.433 e. The monoisotopic (exact) mass is 388 g/mol. The minimum atomic E-state index is -4.48. The molecule has 142 valence electrons. The molecule has 2 aromatic rings. The second-order valence-electron chi connectivity index (χ2n) is 5.98. The van der Waals surface area contributed by atoms with E-state index in [2.05, 4.69) is 24.2 Å². The zero-order chi connectivity index (χ0) is 18.7. The van der Waals surface area contributed by atoms with E-state index in [1.807, 2.05) is 0 Å². The summed E-state index contributed by atoms with van der Waals surface area (Å²) in [6.07, 6.45) is -1.90. The highest BCUT2D eigenvalue weighted by atomic mass is 32.1. The van der Waals surface area contributed by atoms with Crippen LogP contribution >= 0.6 is 11.5 Å². The SMILES string of the molecule is COCCc1nsc(N2CCC(N(C)c3nccc(C(F)(F)F)n3)C2)n1. The molecule has 0 aliphatic carbocycles. The van der Waals surface area contributed by atoms with Gasteiger partial charge in [0.05, 0.1) is 12.6 Å². The number of likely N-dealkylation sites (N-methyl/N-ethyl adjacent to an activating group) is 1. The summed E-state index contributed by atoms with van der Waals surface area (Å²) in [5.41, 5.74) is -0.934. The van der Waals surface area contributed by atoms with Crippen molar-refractivity contribution in [3.8, 4) is 0 Å². The predicted molar refractivity (Wildman–Crippen MR) is 91.5 cm³/mol. The standard InChI is InChI=1S/C15H19F3N6OS/c1-23(13-19-6-3-11(20-13)15(16,17)18)10-4-7-24(9-10)14-21-12(22-26-14)5-8-25-2/h3,6,10H,4-5,7-9H2,1-2H3. The fourth-order valence-electron chi connectivity index (χ4n) is 2.74. The van der Waals surface area contributed by atoms with E-state index >= 15 is 0 Å². The van der Waals surface area contributed by atoms with Gasteiger partial charge in [-0.15, -0.1) is 0 Å². The Labute approximate surface area is 153 Å². The predicted octanol–water partition coefficient (Wildman–Crippen LogP) is 2.25. The van der Waals surface area contributed by atoms with Gasteiger partial charge in [-0.05, 0) is 12.5 Å². The Balaban J connectivity index is 1.66. The number of rotatable bonds is 6. The summed E-state index contributed by atoms with van der Waals surface area (Å²) in [6.45, 7) is 1.95. The van der Waals surface area contributed by atoms with Gasteiger partial charge in [0.15, 0.2) is 0 Å². The smallest absolute Gasteiger partial charge is 0.384 e. The van der Waals surface area contributed by atoms with Gasteiger partial charge in [0.1, 0.15) is 11.5 Å². The zero-order valence-corrected chi connectivity index (χ0v) is 15.2. The van der Waals surface area contributed by atoms with Crippen LogP contribution in [0.5, 0.6) is 0 Å². The molecular weight excluding hydrogens is 369 g/mol. The second kappa shape index (κ2) is 7.70. The number of nitrogens with zero attached hydrogens (tertiary/aromatic N) is 6. The molecule has 3 rings (SSSR count). The van der Waals surface area contributed by atoms with Crippen LogP contribution in [-0.4, -0.2) is 59.2 Å². The summed E-state index contributed by atoms with van der Waals surface area (Å²) in [5, 5.41) is 0.817. The van der Waals surface area contributed by atoms with Crippen LogP contribution in [0.4, 0.5) is 24.3 Å². The molecule has 0 N–H and O–H groups in total. The van der Waals surface area contributed by atoms with E-state index < -0.39 is 11.9 Å². The first-order chi connectivity index (χ1) is 12.4. The molecule has 0 radical (unpaired) electrons. The van der Waals surface area contributed by atoms with Gasteiger partial charge in [-0.2, -0.15) is 17.5 Å². The molecule has 1 fully saturated rings. The summed E-state index contributed by atoms with van der Waals surface area (Å²) in [5.74, 6) is 0.814. The van der Waals surface area contributed by atoms with Gasteiger partial charge in [0.2, 0.25) is 11.1 Å². The Morgan fingerprint density at radius 2 is 2.19 bits per heavy atom. The topological polar surface area (TPSA) is 67.3 Å². The van der Waals surface area contributed by atoms with Crippen LogP contribution in [0.2, 0.25) is 0 Å². The normalized spacial score (nSPS) is 17.7. The maximum Gasteiger partial charge on any atom is 0.433 e. The van der Waals surface area contributed by atoms with E-state index in [1.165, 1.54) is 11.5 Å². The molecule has 2 aromatic heterocycles. The summed E-state index contributed by atoms with van der Waals surface area (Å²) in [4.78, 5) is 15.9. The molecule has 7 nitrogen and oxygen atoms in total. The van der Waals surface area contributed by atoms with E-state index in [0.717, 1.165) is 36.2 Å². The highest BCUT2D eigenvalue weighted by Crippen LogP contribution is 2.29. The average molecular weight is 388 g/mol. The molecule has 0 saturated carbocycles. The fourth-order valence-corrected chi connectivity index (χ4v) is 3.49. The van der Waals surface area contributed by atoms with Crippen LogP contribution in [0.1, 0.15) is 17.9 Å². The van der Waals surface area contributed by atoms with Crippen LogP contribution in [0, 0.1) is 0 Å². The first-order valence-electron chi connectivity index (χ1n) is 8.08. The lowest BCUT2D eigenvalue weighted by Gasteiger charge is -2.25. The molecule has 0 amide bonds. The molecule has 1 aliphatic heterocycles. The third kappa shape index (κ3) is 4.21. The van der Waals surface area contributed by atoms with Gasteiger partial charge < -0.3 is 14.5 Å². The Morgan fingerprint density at radius 3 is 2.92 bits per heavy atom. The molecule has 0 spiro atoms. The Morgan fingerprint density at radius 1 is 1.38 bits per heavy atom. The minimum absolute atomic E-state index is 0.00445. The quantitative estimate of drug-likeness (QED) is 0.752. The number of halogens is 3. The van der Waals surface area contributed by atoms with Crippen LogP contribution in [0.15, 0.2) is 12.3 Å². The van der Waals surface area contributed by atoms with Crippen molar-refractivity contribution in [2.75, 3.05) is 43.7 Å². The molecule has 1 unspecified atom stereocenters. The Hall–Kier alpha value is -2.01. The van der Waals surface area contributed by atoms with Crippen molar-refractivity contribution >= 4 is 22.6 Å². The van der Waals surface area contributed by atoms with Crippen molar-refractivity contribution in [1.82, 2.24) is 19.3 Å². The van der Waals surface area contributed by atoms with Gasteiger partial charge in [0, 0.05) is 51.4 Å². The Bertz CT molecular complexity index is 740. The maximum absolute atomic E-state index is 12.8. The third-order valence-electron chi connectivity index (χ3n) is 4.22. The number of alkyl halides is 3. The molecular formula is C15H19F3N6OS. The second-order valence-corrected chi connectivity index (χ2v) is 6.71.